The van der Waals surface area contributed by atoms with Gasteiger partial charge in [0.15, 0.2) is 0 Å². The molecule has 0 atom stereocenters. The van der Waals surface area contributed by atoms with Crippen LogP contribution in [0, 0.1) is 6.92 Å². The van der Waals surface area contributed by atoms with E-state index >= 15 is 0 Å². The van der Waals surface area contributed by atoms with Gasteiger partial charge in [-0.25, -0.2) is 0 Å². The van der Waals surface area contributed by atoms with Crippen LogP contribution in [0.25, 0.3) is 0 Å². The maximum atomic E-state index is 7.00. The molecule has 0 radical (unpaired) electrons. The summed E-state index contributed by atoms with van der Waals surface area (Å²) in [7, 11) is 2.00. The van der Waals surface area contributed by atoms with Gasteiger partial charge in [-0.2, -0.15) is 6.42 Å². The first-order valence-corrected chi connectivity index (χ1v) is 3.78. The molecule has 10 heavy (non-hydrogen) atoms. The molecule has 0 aliphatic rings. The van der Waals surface area contributed by atoms with Crippen LogP contribution in [0.4, 0.5) is 0 Å². The zero-order valence-electron chi connectivity index (χ0n) is 6.60. The zero-order chi connectivity index (χ0) is 8.12. The van der Waals surface area contributed by atoms with Crippen molar-refractivity contribution in [3.63, 3.8) is 0 Å². The number of aliphatic hydroxyl groups is 2. The van der Waals surface area contributed by atoms with E-state index in [9.17, 15) is 0 Å². The van der Waals surface area contributed by atoms with Gasteiger partial charge in [0.1, 0.15) is 0 Å². The predicted octanol–water partition coefficient (Wildman–Crippen LogP) is 1.21. The minimum Gasteiger partial charge on any atom is -0.400 e. The van der Waals surface area contributed by atoms with Crippen LogP contribution in [0.15, 0.2) is 0 Å². The van der Waals surface area contributed by atoms with Crippen molar-refractivity contribution in [1.82, 2.24) is 0 Å². The molecule has 0 aliphatic carbocycles. The first-order valence-electron chi connectivity index (χ1n) is 2.66. The number of hydrogen-bond acceptors (Lipinski definition) is 2. The molecular formula is C6H16BrO2Ti-. The van der Waals surface area contributed by atoms with Crippen molar-refractivity contribution < 1.29 is 31.9 Å². The van der Waals surface area contributed by atoms with Gasteiger partial charge in [-0.05, 0) is 0 Å². The van der Waals surface area contributed by atoms with Crippen molar-refractivity contribution in [1.29, 1.82) is 0 Å². The summed E-state index contributed by atoms with van der Waals surface area (Å²) in [5.74, 6) is 0. The topological polar surface area (TPSA) is 40.5 Å². The minimum absolute atomic E-state index is 0. The SMILES string of the molecule is CO.CO.[CH2-]CCCBr.[Ti]. The Hall–Kier alpha value is 1.11. The quantitative estimate of drug-likeness (QED) is 0.438. The predicted molar refractivity (Wildman–Crippen MR) is 44.7 cm³/mol. The number of alkyl halides is 1. The molecule has 0 saturated carbocycles. The standard InChI is InChI=1S/C4H8Br.2CH4O.Ti/c1-2-3-4-5;2*1-2;/h1-4H2;2*2H,1H3;/q-1;;;. The Morgan fingerprint density at radius 3 is 1.50 bits per heavy atom. The maximum absolute atomic E-state index is 7.00. The van der Waals surface area contributed by atoms with Gasteiger partial charge in [0, 0.05) is 41.3 Å². The first kappa shape index (κ1) is 22.5. The van der Waals surface area contributed by atoms with Crippen LogP contribution in [-0.4, -0.2) is 29.8 Å². The van der Waals surface area contributed by atoms with E-state index in [0.717, 1.165) is 26.0 Å². The number of halogens is 1. The van der Waals surface area contributed by atoms with E-state index in [4.69, 9.17) is 10.2 Å². The second kappa shape index (κ2) is 49.6. The molecule has 0 aromatic heterocycles. The first-order chi connectivity index (χ1) is 4.41. The smallest absolute Gasteiger partial charge is 0.0319 e. The second-order valence-corrected chi connectivity index (χ2v) is 1.69. The van der Waals surface area contributed by atoms with Crippen molar-refractivity contribution >= 4 is 15.9 Å². The Labute approximate surface area is 87.0 Å². The summed E-state index contributed by atoms with van der Waals surface area (Å²) in [6.45, 7) is 3.65. The zero-order valence-corrected chi connectivity index (χ0v) is 9.75. The average Bonchev–Trinajstić information content (AvgIpc) is 1.98. The Balaban J connectivity index is -0.0000000315. The third-order valence-corrected chi connectivity index (χ3v) is 0.944. The molecule has 0 saturated heterocycles. The van der Waals surface area contributed by atoms with Crippen molar-refractivity contribution in [3.8, 4) is 0 Å². The van der Waals surface area contributed by atoms with Crippen molar-refractivity contribution in [2.75, 3.05) is 19.5 Å². The van der Waals surface area contributed by atoms with Crippen LogP contribution < -0.4 is 0 Å². The van der Waals surface area contributed by atoms with Gasteiger partial charge < -0.3 is 17.1 Å². The molecular weight excluding hydrogens is 232 g/mol. The molecule has 2 N–H and O–H groups in total. The fourth-order valence-electron chi connectivity index (χ4n) is 0.0945. The van der Waals surface area contributed by atoms with Gasteiger partial charge >= 0.3 is 0 Å². The van der Waals surface area contributed by atoms with E-state index in [1.54, 1.807) is 0 Å². The van der Waals surface area contributed by atoms with Crippen LogP contribution in [0.3, 0.4) is 0 Å². The Morgan fingerprint density at radius 1 is 1.20 bits per heavy atom. The molecule has 0 aromatic carbocycles. The Morgan fingerprint density at radius 2 is 1.50 bits per heavy atom. The normalized spacial score (nSPS) is 5.40. The maximum Gasteiger partial charge on any atom is 0.0319 e. The molecule has 4 heteroatoms. The van der Waals surface area contributed by atoms with Crippen LogP contribution >= 0.6 is 15.9 Å². The minimum atomic E-state index is 0. The van der Waals surface area contributed by atoms with Crippen LogP contribution in [-0.2, 0) is 21.7 Å². The summed E-state index contributed by atoms with van der Waals surface area (Å²) in [4.78, 5) is 0. The van der Waals surface area contributed by atoms with E-state index in [2.05, 4.69) is 22.9 Å². The van der Waals surface area contributed by atoms with Crippen LogP contribution in [0.5, 0.6) is 0 Å². The summed E-state index contributed by atoms with van der Waals surface area (Å²) in [6, 6.07) is 0. The van der Waals surface area contributed by atoms with Crippen LogP contribution in [0.2, 0.25) is 0 Å². The molecule has 0 heterocycles. The molecule has 2 nitrogen and oxygen atoms in total. The van der Waals surface area contributed by atoms with Crippen molar-refractivity contribution in [3.05, 3.63) is 6.92 Å². The third-order valence-electron chi connectivity index (χ3n) is 0.384. The van der Waals surface area contributed by atoms with E-state index in [1.807, 2.05) is 0 Å². The molecule has 0 bridgehead atoms. The Bertz CT molecular complexity index is 23.2. The van der Waals surface area contributed by atoms with Crippen LogP contribution in [0.1, 0.15) is 12.8 Å². The second-order valence-electron chi connectivity index (χ2n) is 0.896. The fraction of sp³-hybridized carbons (Fsp3) is 0.833. The number of hydrogen-bond donors (Lipinski definition) is 2. The average molecular weight is 248 g/mol. The fourth-order valence-corrected chi connectivity index (χ4v) is 0.491. The van der Waals surface area contributed by atoms with Gasteiger partial charge in [-0.1, -0.05) is 22.4 Å². The number of aliphatic hydroxyl groups excluding tert-OH is 2. The monoisotopic (exact) mass is 247 g/mol. The summed E-state index contributed by atoms with van der Waals surface area (Å²) < 4.78 is 0. The molecule has 0 fully saturated rings. The van der Waals surface area contributed by atoms with Gasteiger partial charge in [0.25, 0.3) is 0 Å². The molecule has 0 unspecified atom stereocenters. The molecule has 0 amide bonds. The van der Waals surface area contributed by atoms with E-state index in [0.29, 0.717) is 0 Å². The molecule has 0 spiro atoms. The summed E-state index contributed by atoms with van der Waals surface area (Å²) in [6.07, 6.45) is 2.24. The molecule has 0 aliphatic heterocycles. The number of unbranched alkanes of at least 4 members (excludes halogenated alkanes) is 1. The molecule has 64 valence electrons. The van der Waals surface area contributed by atoms with Gasteiger partial charge in [-0.15, -0.1) is 0 Å². The summed E-state index contributed by atoms with van der Waals surface area (Å²) in [5, 5.41) is 15.1. The third kappa shape index (κ3) is 61.9. The summed E-state index contributed by atoms with van der Waals surface area (Å²) >= 11 is 3.27. The largest absolute Gasteiger partial charge is 0.400 e. The Kier molecular flexibility index (Phi) is 112. The molecule has 0 rings (SSSR count). The van der Waals surface area contributed by atoms with Gasteiger partial charge in [-0.3, -0.25) is 0 Å². The van der Waals surface area contributed by atoms with Gasteiger partial charge in [0.2, 0.25) is 0 Å². The molecule has 0 aromatic rings. The van der Waals surface area contributed by atoms with Gasteiger partial charge in [0.05, 0.1) is 0 Å². The summed E-state index contributed by atoms with van der Waals surface area (Å²) in [5.41, 5.74) is 0. The van der Waals surface area contributed by atoms with E-state index in [-0.39, 0.29) is 21.7 Å². The van der Waals surface area contributed by atoms with Crippen molar-refractivity contribution in [2.45, 2.75) is 12.8 Å². The van der Waals surface area contributed by atoms with Crippen molar-refractivity contribution in [2.24, 2.45) is 0 Å². The van der Waals surface area contributed by atoms with E-state index in [1.165, 1.54) is 6.42 Å². The van der Waals surface area contributed by atoms with E-state index < -0.39 is 0 Å². The number of rotatable bonds is 2.